The van der Waals surface area contributed by atoms with Crippen LogP contribution in [0.25, 0.3) is 11.3 Å². The minimum Gasteiger partial charge on any atom is -0.319 e. The van der Waals surface area contributed by atoms with Gasteiger partial charge in [0, 0.05) is 35.8 Å². The number of aromatic nitrogens is 2. The van der Waals surface area contributed by atoms with Crippen molar-refractivity contribution in [1.82, 2.24) is 15.3 Å². The van der Waals surface area contributed by atoms with E-state index in [1.54, 1.807) is 17.5 Å². The molecule has 0 aromatic carbocycles. The molecule has 0 aliphatic heterocycles. The lowest BCUT2D eigenvalue weighted by atomic mass is 10.1. The van der Waals surface area contributed by atoms with Crippen LogP contribution in [-0.2, 0) is 0 Å². The summed E-state index contributed by atoms with van der Waals surface area (Å²) in [5.41, 5.74) is 2.13. The Morgan fingerprint density at radius 2 is 2.35 bits per heavy atom. The lowest BCUT2D eigenvalue weighted by molar-refractivity contribution is 0.609. The Labute approximate surface area is 106 Å². The van der Waals surface area contributed by atoms with Crippen molar-refractivity contribution in [2.24, 2.45) is 0 Å². The van der Waals surface area contributed by atoms with Crippen LogP contribution in [0.1, 0.15) is 24.3 Å². The molecular weight excluding hydrogens is 230 g/mol. The van der Waals surface area contributed by atoms with Gasteiger partial charge in [0.2, 0.25) is 0 Å². The molecule has 4 heteroatoms. The van der Waals surface area contributed by atoms with Crippen molar-refractivity contribution < 1.29 is 0 Å². The maximum absolute atomic E-state index is 4.71. The molecule has 0 saturated heterocycles. The van der Waals surface area contributed by atoms with Crippen molar-refractivity contribution in [2.75, 3.05) is 13.6 Å². The largest absolute Gasteiger partial charge is 0.319 e. The highest BCUT2D eigenvalue weighted by molar-refractivity contribution is 7.10. The Balaban J connectivity index is 2.21. The fraction of sp³-hybridized carbons (Fsp3) is 0.385. The van der Waals surface area contributed by atoms with Gasteiger partial charge in [0.25, 0.3) is 0 Å². The molecule has 0 bridgehead atoms. The van der Waals surface area contributed by atoms with Crippen molar-refractivity contribution in [2.45, 2.75) is 19.3 Å². The SMILES string of the molecule is CCC(CNC)c1nc(-c2cccnc2)cs1. The van der Waals surface area contributed by atoms with Gasteiger partial charge < -0.3 is 5.32 Å². The third-order valence-electron chi connectivity index (χ3n) is 2.77. The van der Waals surface area contributed by atoms with E-state index >= 15 is 0 Å². The maximum Gasteiger partial charge on any atom is 0.0976 e. The van der Waals surface area contributed by atoms with Crippen molar-refractivity contribution in [3.8, 4) is 11.3 Å². The van der Waals surface area contributed by atoms with Crippen molar-refractivity contribution >= 4 is 11.3 Å². The third kappa shape index (κ3) is 2.90. The molecule has 2 aromatic heterocycles. The standard InChI is InChI=1S/C13H17N3S/c1-3-10(7-14-2)13-16-12(9-17-13)11-5-4-6-15-8-11/h4-6,8-10,14H,3,7H2,1-2H3. The topological polar surface area (TPSA) is 37.8 Å². The predicted octanol–water partition coefficient (Wildman–Crippen LogP) is 2.92. The van der Waals surface area contributed by atoms with Crippen molar-refractivity contribution in [3.63, 3.8) is 0 Å². The third-order valence-corrected chi connectivity index (χ3v) is 3.78. The highest BCUT2D eigenvalue weighted by Gasteiger charge is 2.13. The molecule has 0 spiro atoms. The highest BCUT2D eigenvalue weighted by atomic mass is 32.1. The molecule has 2 aromatic rings. The van der Waals surface area contributed by atoms with Gasteiger partial charge in [-0.25, -0.2) is 4.98 Å². The van der Waals surface area contributed by atoms with Crippen LogP contribution in [0.2, 0.25) is 0 Å². The molecule has 0 aliphatic carbocycles. The summed E-state index contributed by atoms with van der Waals surface area (Å²) >= 11 is 1.74. The molecule has 2 heterocycles. The van der Waals surface area contributed by atoms with Gasteiger partial charge in [0.05, 0.1) is 10.7 Å². The Morgan fingerprint density at radius 3 is 3.00 bits per heavy atom. The Kier molecular flexibility index (Phi) is 4.23. The molecule has 17 heavy (non-hydrogen) atoms. The first-order valence-corrected chi connectivity index (χ1v) is 6.73. The lowest BCUT2D eigenvalue weighted by Crippen LogP contribution is -2.16. The second-order valence-corrected chi connectivity index (χ2v) is 4.87. The maximum atomic E-state index is 4.71. The summed E-state index contributed by atoms with van der Waals surface area (Å²) in [6.07, 6.45) is 4.76. The predicted molar refractivity (Wildman–Crippen MR) is 72.3 cm³/mol. The van der Waals surface area contributed by atoms with Crippen LogP contribution in [0.3, 0.4) is 0 Å². The number of hydrogen-bond acceptors (Lipinski definition) is 4. The molecule has 0 aliphatic rings. The molecule has 0 fully saturated rings. The molecule has 0 radical (unpaired) electrons. The van der Waals surface area contributed by atoms with Crippen molar-refractivity contribution in [1.29, 1.82) is 0 Å². The molecule has 1 atom stereocenters. The quantitative estimate of drug-likeness (QED) is 0.882. The summed E-state index contributed by atoms with van der Waals surface area (Å²) in [4.78, 5) is 8.83. The van der Waals surface area contributed by atoms with Gasteiger partial charge in [-0.1, -0.05) is 6.92 Å². The van der Waals surface area contributed by atoms with Gasteiger partial charge in [-0.05, 0) is 25.6 Å². The molecule has 0 amide bonds. The van der Waals surface area contributed by atoms with Gasteiger partial charge in [-0.2, -0.15) is 0 Å². The summed E-state index contributed by atoms with van der Waals surface area (Å²) in [6.45, 7) is 3.18. The van der Waals surface area contributed by atoms with E-state index in [1.807, 2.05) is 25.4 Å². The summed E-state index contributed by atoms with van der Waals surface area (Å²) in [5, 5.41) is 6.55. The lowest BCUT2D eigenvalue weighted by Gasteiger charge is -2.10. The molecule has 3 nitrogen and oxygen atoms in total. The first kappa shape index (κ1) is 12.2. The van der Waals surface area contributed by atoms with E-state index in [4.69, 9.17) is 4.98 Å². The number of hydrogen-bond donors (Lipinski definition) is 1. The Bertz CT molecular complexity index is 453. The van der Waals surface area contributed by atoms with E-state index in [0.717, 1.165) is 24.2 Å². The molecular formula is C13H17N3S. The summed E-state index contributed by atoms with van der Waals surface area (Å²) in [5.74, 6) is 0.510. The fourth-order valence-electron chi connectivity index (χ4n) is 1.77. The second-order valence-electron chi connectivity index (χ2n) is 3.98. The number of likely N-dealkylation sites (N-methyl/N-ethyl adjacent to an activating group) is 1. The van der Waals surface area contributed by atoms with Crippen LogP contribution in [0, 0.1) is 0 Å². The van der Waals surface area contributed by atoms with E-state index in [9.17, 15) is 0 Å². The van der Waals surface area contributed by atoms with E-state index in [-0.39, 0.29) is 0 Å². The molecule has 0 saturated carbocycles. The smallest absolute Gasteiger partial charge is 0.0976 e. The first-order chi connectivity index (χ1) is 8.35. The number of rotatable bonds is 5. The van der Waals surface area contributed by atoms with Crippen LogP contribution in [0.4, 0.5) is 0 Å². The molecule has 1 unspecified atom stereocenters. The summed E-state index contributed by atoms with van der Waals surface area (Å²) in [6, 6.07) is 3.99. The Morgan fingerprint density at radius 1 is 1.47 bits per heavy atom. The zero-order chi connectivity index (χ0) is 12.1. The zero-order valence-corrected chi connectivity index (χ0v) is 11.0. The fourth-order valence-corrected chi connectivity index (χ4v) is 2.79. The number of nitrogens with one attached hydrogen (secondary N) is 1. The van der Waals surface area contributed by atoms with Gasteiger partial charge >= 0.3 is 0 Å². The van der Waals surface area contributed by atoms with E-state index in [2.05, 4.69) is 22.6 Å². The zero-order valence-electron chi connectivity index (χ0n) is 10.2. The average Bonchev–Trinajstić information content (AvgIpc) is 2.86. The van der Waals surface area contributed by atoms with Crippen molar-refractivity contribution in [3.05, 3.63) is 34.9 Å². The second kappa shape index (κ2) is 5.89. The van der Waals surface area contributed by atoms with Gasteiger partial charge in [-0.3, -0.25) is 4.98 Å². The monoisotopic (exact) mass is 247 g/mol. The first-order valence-electron chi connectivity index (χ1n) is 5.85. The van der Waals surface area contributed by atoms with Crippen LogP contribution in [0.5, 0.6) is 0 Å². The minimum atomic E-state index is 0.510. The van der Waals surface area contributed by atoms with Gasteiger partial charge in [0.15, 0.2) is 0 Å². The number of thiazole rings is 1. The van der Waals surface area contributed by atoms with Gasteiger partial charge in [-0.15, -0.1) is 11.3 Å². The number of nitrogens with zero attached hydrogens (tertiary/aromatic N) is 2. The van der Waals surface area contributed by atoms with E-state index < -0.39 is 0 Å². The Hall–Kier alpha value is -1.26. The minimum absolute atomic E-state index is 0.510. The normalized spacial score (nSPS) is 12.6. The molecule has 2 rings (SSSR count). The number of pyridine rings is 1. The molecule has 90 valence electrons. The van der Waals surface area contributed by atoms with E-state index in [1.165, 1.54) is 5.01 Å². The van der Waals surface area contributed by atoms with Crippen LogP contribution in [-0.4, -0.2) is 23.6 Å². The van der Waals surface area contributed by atoms with E-state index in [0.29, 0.717) is 5.92 Å². The van der Waals surface area contributed by atoms with Gasteiger partial charge in [0.1, 0.15) is 0 Å². The molecule has 1 N–H and O–H groups in total. The van der Waals surface area contributed by atoms with Crippen LogP contribution >= 0.6 is 11.3 Å². The van der Waals surface area contributed by atoms with Crippen LogP contribution < -0.4 is 5.32 Å². The average molecular weight is 247 g/mol. The highest BCUT2D eigenvalue weighted by Crippen LogP contribution is 2.27. The summed E-state index contributed by atoms with van der Waals surface area (Å²) < 4.78 is 0. The summed E-state index contributed by atoms with van der Waals surface area (Å²) in [7, 11) is 1.98. The van der Waals surface area contributed by atoms with Crippen LogP contribution in [0.15, 0.2) is 29.9 Å².